The van der Waals surface area contributed by atoms with E-state index in [-0.39, 0.29) is 28.9 Å². The molecule has 0 spiro atoms. The van der Waals surface area contributed by atoms with E-state index in [1.54, 1.807) is 7.11 Å². The largest absolute Gasteiger partial charge is 0.427 e. The number of likely N-dealkylation sites (N-methyl/N-ethyl adjacent to an activating group) is 1. The lowest BCUT2D eigenvalue weighted by Crippen LogP contribution is -2.67. The minimum absolute atomic E-state index is 0.0340. The van der Waals surface area contributed by atoms with Gasteiger partial charge in [-0.3, -0.25) is 9.59 Å². The number of methoxy groups -OCH3 is 1. The fourth-order valence-corrected chi connectivity index (χ4v) is 5.70. The van der Waals surface area contributed by atoms with Crippen LogP contribution in [0.15, 0.2) is 54.6 Å². The molecule has 0 radical (unpaired) electrons. The highest BCUT2D eigenvalue weighted by Gasteiger charge is 2.58. The zero-order chi connectivity index (χ0) is 22.8. The molecule has 1 aliphatic heterocycles. The molecule has 6 nitrogen and oxygen atoms in total. The topological polar surface area (TPSA) is 67.9 Å². The molecule has 1 N–H and O–H groups in total. The van der Waals surface area contributed by atoms with Gasteiger partial charge >= 0.3 is 5.97 Å². The number of esters is 1. The van der Waals surface area contributed by atoms with Gasteiger partial charge in [-0.2, -0.15) is 0 Å². The molecule has 0 aromatic heterocycles. The number of ether oxygens (including phenoxy) is 2. The number of hydrogen-bond acceptors (Lipinski definition) is 5. The van der Waals surface area contributed by atoms with E-state index in [1.807, 2.05) is 48.5 Å². The van der Waals surface area contributed by atoms with Gasteiger partial charge in [0.1, 0.15) is 5.75 Å². The first kappa shape index (κ1) is 22.5. The lowest BCUT2D eigenvalue weighted by Gasteiger charge is -2.59. The summed E-state index contributed by atoms with van der Waals surface area (Å²) in [6.45, 7) is 3.17. The summed E-state index contributed by atoms with van der Waals surface area (Å²) in [5.74, 6) is 0.165. The predicted octanol–water partition coefficient (Wildman–Crippen LogP) is 3.55. The lowest BCUT2D eigenvalue weighted by atomic mass is 9.55. The summed E-state index contributed by atoms with van der Waals surface area (Å²) in [5.41, 5.74) is 1.11. The van der Waals surface area contributed by atoms with Gasteiger partial charge in [-0.25, -0.2) is 0 Å². The number of likely N-dealkylation sites (tertiary alicyclic amines) is 1. The second-order valence-electron chi connectivity index (χ2n) is 9.17. The molecule has 1 heterocycles. The van der Waals surface area contributed by atoms with E-state index >= 15 is 0 Å². The van der Waals surface area contributed by atoms with Gasteiger partial charge in [0.15, 0.2) is 0 Å². The van der Waals surface area contributed by atoms with Crippen LogP contribution in [0.2, 0.25) is 0 Å². The summed E-state index contributed by atoms with van der Waals surface area (Å²) in [4.78, 5) is 26.8. The van der Waals surface area contributed by atoms with E-state index in [1.165, 1.54) is 6.92 Å². The summed E-state index contributed by atoms with van der Waals surface area (Å²) < 4.78 is 11.7. The molecular weight excluding hydrogens is 404 g/mol. The fourth-order valence-electron chi connectivity index (χ4n) is 5.70. The molecule has 1 amide bonds. The van der Waals surface area contributed by atoms with E-state index in [0.29, 0.717) is 11.3 Å². The highest BCUT2D eigenvalue weighted by atomic mass is 16.5. The molecule has 2 aromatic rings. The molecule has 3 atom stereocenters. The van der Waals surface area contributed by atoms with Crippen molar-refractivity contribution in [2.45, 2.75) is 49.7 Å². The van der Waals surface area contributed by atoms with Crippen molar-refractivity contribution in [2.24, 2.45) is 0 Å². The second-order valence-corrected chi connectivity index (χ2v) is 9.17. The fraction of sp³-hybridized carbons (Fsp3) is 0.462. The van der Waals surface area contributed by atoms with E-state index < -0.39 is 0 Å². The van der Waals surface area contributed by atoms with Crippen LogP contribution < -0.4 is 10.1 Å². The Bertz CT molecular complexity index is 979. The summed E-state index contributed by atoms with van der Waals surface area (Å²) >= 11 is 0. The molecule has 32 heavy (non-hydrogen) atoms. The van der Waals surface area contributed by atoms with Crippen LogP contribution >= 0.6 is 0 Å². The van der Waals surface area contributed by atoms with Gasteiger partial charge < -0.3 is 19.7 Å². The third kappa shape index (κ3) is 4.17. The molecule has 1 saturated carbocycles. The van der Waals surface area contributed by atoms with E-state index in [2.05, 4.69) is 23.3 Å². The SMILES string of the molecule is CO[C@]12CC[C@H](NC(=O)c3ccccc3)C[C@]1(c1cccc(OC(C)=O)c1)CCN(C)C2. The van der Waals surface area contributed by atoms with Crippen LogP contribution in [0.1, 0.15) is 48.5 Å². The molecule has 1 aliphatic carbocycles. The van der Waals surface area contributed by atoms with Gasteiger partial charge in [0, 0.05) is 37.6 Å². The monoisotopic (exact) mass is 436 g/mol. The van der Waals surface area contributed by atoms with Crippen molar-refractivity contribution in [1.82, 2.24) is 10.2 Å². The number of rotatable bonds is 5. The Balaban J connectivity index is 1.68. The smallest absolute Gasteiger partial charge is 0.308 e. The predicted molar refractivity (Wildman–Crippen MR) is 123 cm³/mol. The summed E-state index contributed by atoms with van der Waals surface area (Å²) in [5, 5.41) is 3.27. The molecule has 2 aliphatic rings. The van der Waals surface area contributed by atoms with Crippen molar-refractivity contribution in [3.8, 4) is 5.75 Å². The van der Waals surface area contributed by atoms with Crippen molar-refractivity contribution in [3.63, 3.8) is 0 Å². The highest BCUT2D eigenvalue weighted by molar-refractivity contribution is 5.94. The first-order valence-corrected chi connectivity index (χ1v) is 11.3. The average molecular weight is 437 g/mol. The first-order valence-electron chi connectivity index (χ1n) is 11.3. The number of carbonyl (C=O) groups excluding carboxylic acids is 2. The maximum absolute atomic E-state index is 12.9. The normalized spacial score (nSPS) is 27.9. The van der Waals surface area contributed by atoms with Gasteiger partial charge in [-0.1, -0.05) is 30.3 Å². The molecule has 0 unspecified atom stereocenters. The molecular formula is C26H32N2O4. The summed E-state index contributed by atoms with van der Waals surface area (Å²) in [6.07, 6.45) is 3.37. The number of piperidine rings is 1. The van der Waals surface area contributed by atoms with Gasteiger partial charge in [-0.15, -0.1) is 0 Å². The van der Waals surface area contributed by atoms with Crippen LogP contribution in [0.25, 0.3) is 0 Å². The summed E-state index contributed by atoms with van der Waals surface area (Å²) in [6, 6.07) is 17.2. The van der Waals surface area contributed by atoms with Gasteiger partial charge in [0.2, 0.25) is 0 Å². The standard InChI is InChI=1S/C26H32N2O4/c1-19(29)32-23-11-7-10-21(16-23)25-14-15-28(2)18-26(25,31-3)13-12-22(17-25)27-24(30)20-8-5-4-6-9-20/h4-11,16,22H,12-15,17-18H2,1-3H3,(H,27,30)/t22-,25-,26-/m0/s1. The molecule has 0 bridgehead atoms. The second kappa shape index (κ2) is 9.04. The lowest BCUT2D eigenvalue weighted by molar-refractivity contribution is -0.144. The summed E-state index contributed by atoms with van der Waals surface area (Å²) in [7, 11) is 3.93. The Morgan fingerprint density at radius 1 is 1.09 bits per heavy atom. The van der Waals surface area contributed by atoms with Crippen molar-refractivity contribution < 1.29 is 19.1 Å². The van der Waals surface area contributed by atoms with Crippen molar-refractivity contribution in [1.29, 1.82) is 0 Å². The number of benzene rings is 2. The minimum Gasteiger partial charge on any atom is -0.427 e. The minimum atomic E-state index is -0.372. The van der Waals surface area contributed by atoms with Crippen LogP contribution in [-0.4, -0.2) is 55.7 Å². The van der Waals surface area contributed by atoms with E-state index in [0.717, 1.165) is 44.3 Å². The molecule has 6 heteroatoms. The Kier molecular flexibility index (Phi) is 6.35. The quantitative estimate of drug-likeness (QED) is 0.574. The third-order valence-electron chi connectivity index (χ3n) is 7.22. The number of fused-ring (bicyclic) bond motifs is 1. The first-order chi connectivity index (χ1) is 15.4. The Morgan fingerprint density at radius 3 is 2.59 bits per heavy atom. The zero-order valence-corrected chi connectivity index (χ0v) is 19.1. The molecule has 170 valence electrons. The number of nitrogens with zero attached hydrogens (tertiary/aromatic N) is 1. The number of hydrogen-bond donors (Lipinski definition) is 1. The number of amides is 1. The van der Waals surface area contributed by atoms with E-state index in [4.69, 9.17) is 9.47 Å². The van der Waals surface area contributed by atoms with Crippen molar-refractivity contribution in [3.05, 3.63) is 65.7 Å². The maximum Gasteiger partial charge on any atom is 0.308 e. The van der Waals surface area contributed by atoms with Crippen LogP contribution in [0, 0.1) is 0 Å². The Morgan fingerprint density at radius 2 is 1.88 bits per heavy atom. The van der Waals surface area contributed by atoms with Crippen LogP contribution in [-0.2, 0) is 14.9 Å². The molecule has 2 fully saturated rings. The third-order valence-corrected chi connectivity index (χ3v) is 7.22. The Labute approximate surface area is 189 Å². The van der Waals surface area contributed by atoms with Crippen molar-refractivity contribution >= 4 is 11.9 Å². The zero-order valence-electron chi connectivity index (χ0n) is 19.1. The number of carbonyl (C=O) groups is 2. The molecule has 4 rings (SSSR count). The maximum atomic E-state index is 12.9. The van der Waals surface area contributed by atoms with Gasteiger partial charge in [0.05, 0.1) is 5.60 Å². The number of nitrogens with one attached hydrogen (secondary N) is 1. The van der Waals surface area contributed by atoms with Crippen molar-refractivity contribution in [2.75, 3.05) is 27.2 Å². The van der Waals surface area contributed by atoms with E-state index in [9.17, 15) is 9.59 Å². The van der Waals surface area contributed by atoms with Gasteiger partial charge in [0.25, 0.3) is 5.91 Å². The van der Waals surface area contributed by atoms with Gasteiger partial charge in [-0.05, 0) is 69.1 Å². The Hall–Kier alpha value is -2.70. The van der Waals surface area contributed by atoms with Crippen LogP contribution in [0.4, 0.5) is 0 Å². The highest BCUT2D eigenvalue weighted by Crippen LogP contribution is 2.53. The molecule has 1 saturated heterocycles. The van der Waals surface area contributed by atoms with Crippen LogP contribution in [0.3, 0.4) is 0 Å². The average Bonchev–Trinajstić information content (AvgIpc) is 2.79. The van der Waals surface area contributed by atoms with Crippen LogP contribution in [0.5, 0.6) is 5.75 Å². The molecule has 2 aromatic carbocycles.